The summed E-state index contributed by atoms with van der Waals surface area (Å²) in [6, 6.07) is 1.73. The van der Waals surface area contributed by atoms with Crippen LogP contribution < -0.4 is 5.73 Å². The van der Waals surface area contributed by atoms with Crippen molar-refractivity contribution in [3.05, 3.63) is 23.7 Å². The summed E-state index contributed by atoms with van der Waals surface area (Å²) in [5, 5.41) is 11.5. The van der Waals surface area contributed by atoms with E-state index in [9.17, 15) is 4.79 Å². The monoisotopic (exact) mass is 280 g/mol. The second-order valence-corrected chi connectivity index (χ2v) is 4.77. The maximum absolute atomic E-state index is 12.4. The van der Waals surface area contributed by atoms with Crippen LogP contribution in [0.2, 0.25) is 0 Å². The smallest absolute Gasteiger partial charge is 0.257 e. The quantitative estimate of drug-likeness (QED) is 0.359. The van der Waals surface area contributed by atoms with Crippen LogP contribution in [0.4, 0.5) is 0 Å². The van der Waals surface area contributed by atoms with Crippen LogP contribution in [0, 0.1) is 0 Å². The lowest BCUT2D eigenvalue weighted by Crippen LogP contribution is -2.50. The van der Waals surface area contributed by atoms with Crippen molar-refractivity contribution in [3.8, 4) is 0 Å². The van der Waals surface area contributed by atoms with E-state index in [0.717, 1.165) is 5.76 Å². The molecule has 3 N–H and O–H groups in total. The van der Waals surface area contributed by atoms with Gasteiger partial charge in [-0.1, -0.05) is 12.1 Å². The minimum atomic E-state index is 0.0130. The van der Waals surface area contributed by atoms with E-state index < -0.39 is 0 Å². The molecule has 7 heteroatoms. The Morgan fingerprint density at radius 2 is 2.15 bits per heavy atom. The van der Waals surface area contributed by atoms with E-state index in [1.54, 1.807) is 12.3 Å². The van der Waals surface area contributed by atoms with Crippen LogP contribution in [-0.2, 0) is 6.42 Å². The van der Waals surface area contributed by atoms with Crippen LogP contribution in [0.1, 0.15) is 23.0 Å². The Bertz CT molecular complexity index is 490. The zero-order valence-corrected chi connectivity index (χ0v) is 11.6. The first-order valence-corrected chi connectivity index (χ1v) is 6.70. The molecule has 0 aromatic carbocycles. The van der Waals surface area contributed by atoms with Gasteiger partial charge in [0.1, 0.15) is 5.76 Å². The first-order valence-electron chi connectivity index (χ1n) is 6.70. The maximum Gasteiger partial charge on any atom is 0.257 e. The number of rotatable bonds is 4. The highest BCUT2D eigenvalue weighted by molar-refractivity contribution is 5.95. The van der Waals surface area contributed by atoms with Crippen molar-refractivity contribution in [2.24, 2.45) is 10.9 Å². The van der Waals surface area contributed by atoms with Crippen molar-refractivity contribution in [2.75, 3.05) is 32.7 Å². The fourth-order valence-corrected chi connectivity index (χ4v) is 2.35. The van der Waals surface area contributed by atoms with Crippen molar-refractivity contribution >= 4 is 11.7 Å². The molecule has 0 atom stereocenters. The van der Waals surface area contributed by atoms with Gasteiger partial charge >= 0.3 is 0 Å². The predicted octanol–water partition coefficient (Wildman–Crippen LogP) is 0.346. The summed E-state index contributed by atoms with van der Waals surface area (Å²) in [7, 11) is 0. The van der Waals surface area contributed by atoms with Crippen LogP contribution in [0.3, 0.4) is 0 Å². The van der Waals surface area contributed by atoms with E-state index in [4.69, 9.17) is 15.4 Å². The molecule has 0 bridgehead atoms. The van der Waals surface area contributed by atoms with Gasteiger partial charge in [-0.05, 0) is 6.07 Å². The van der Waals surface area contributed by atoms with Gasteiger partial charge < -0.3 is 20.3 Å². The second kappa shape index (κ2) is 6.42. The number of amides is 1. The molecule has 0 radical (unpaired) electrons. The molecule has 2 heterocycles. The number of oxime groups is 1. The summed E-state index contributed by atoms with van der Waals surface area (Å²) >= 11 is 0. The normalized spacial score (nSPS) is 17.4. The zero-order chi connectivity index (χ0) is 14.5. The van der Waals surface area contributed by atoms with Crippen LogP contribution >= 0.6 is 0 Å². The molecule has 20 heavy (non-hydrogen) atoms. The highest BCUT2D eigenvalue weighted by atomic mass is 16.4. The molecule has 0 saturated carbocycles. The van der Waals surface area contributed by atoms with E-state index in [1.165, 1.54) is 0 Å². The number of amidine groups is 1. The molecule has 7 nitrogen and oxygen atoms in total. The fourth-order valence-electron chi connectivity index (χ4n) is 2.35. The van der Waals surface area contributed by atoms with Gasteiger partial charge in [0.15, 0.2) is 5.84 Å². The maximum atomic E-state index is 12.4. The van der Waals surface area contributed by atoms with Crippen molar-refractivity contribution in [3.63, 3.8) is 0 Å². The summed E-state index contributed by atoms with van der Waals surface area (Å²) < 4.78 is 5.30. The van der Waals surface area contributed by atoms with Crippen LogP contribution in [0.15, 0.2) is 21.9 Å². The molecule has 1 amide bonds. The van der Waals surface area contributed by atoms with Crippen molar-refractivity contribution in [2.45, 2.75) is 13.3 Å². The lowest BCUT2D eigenvalue weighted by molar-refractivity contribution is 0.0651. The van der Waals surface area contributed by atoms with E-state index >= 15 is 0 Å². The number of carbonyl (C=O) groups excluding carboxylic acids is 1. The van der Waals surface area contributed by atoms with Gasteiger partial charge in [0, 0.05) is 32.6 Å². The Labute approximate surface area is 117 Å². The van der Waals surface area contributed by atoms with E-state index in [2.05, 4.69) is 10.1 Å². The molecule has 1 aliphatic rings. The number of hydrogen-bond acceptors (Lipinski definition) is 5. The number of aryl methyl sites for hydroxylation is 1. The molecule has 1 aromatic heterocycles. The van der Waals surface area contributed by atoms with Gasteiger partial charge in [-0.15, -0.1) is 0 Å². The van der Waals surface area contributed by atoms with Crippen molar-refractivity contribution < 1.29 is 14.4 Å². The topological polar surface area (TPSA) is 95.3 Å². The molecule has 2 rings (SSSR count). The summed E-state index contributed by atoms with van der Waals surface area (Å²) in [6.45, 7) is 5.06. The molecule has 0 spiro atoms. The van der Waals surface area contributed by atoms with Crippen molar-refractivity contribution in [1.29, 1.82) is 0 Å². The van der Waals surface area contributed by atoms with Gasteiger partial charge in [0.05, 0.1) is 18.4 Å². The van der Waals surface area contributed by atoms with Crippen LogP contribution in [0.5, 0.6) is 0 Å². The summed E-state index contributed by atoms with van der Waals surface area (Å²) in [4.78, 5) is 16.2. The Morgan fingerprint density at radius 3 is 2.75 bits per heavy atom. The highest BCUT2D eigenvalue weighted by Crippen LogP contribution is 2.15. The Morgan fingerprint density at radius 1 is 1.45 bits per heavy atom. The molecule has 0 unspecified atom stereocenters. The van der Waals surface area contributed by atoms with Gasteiger partial charge in [-0.3, -0.25) is 9.69 Å². The molecule has 1 aromatic rings. The molecular weight excluding hydrogens is 260 g/mol. The second-order valence-electron chi connectivity index (χ2n) is 4.77. The number of furan rings is 1. The molecular formula is C13H20N4O3. The Balaban J connectivity index is 1.92. The third kappa shape index (κ3) is 3.11. The number of carbonyl (C=O) groups is 1. The third-order valence-electron chi connectivity index (χ3n) is 3.47. The lowest BCUT2D eigenvalue weighted by Gasteiger charge is -2.34. The minimum absolute atomic E-state index is 0.0130. The highest BCUT2D eigenvalue weighted by Gasteiger charge is 2.24. The number of piperazine rings is 1. The largest absolute Gasteiger partial charge is 0.469 e. The fraction of sp³-hybridized carbons (Fsp3) is 0.538. The number of hydrogen-bond donors (Lipinski definition) is 2. The first kappa shape index (κ1) is 14.4. The minimum Gasteiger partial charge on any atom is -0.469 e. The average Bonchev–Trinajstić information content (AvgIpc) is 2.95. The van der Waals surface area contributed by atoms with Gasteiger partial charge in [0.25, 0.3) is 5.91 Å². The lowest BCUT2D eigenvalue weighted by atomic mass is 10.1. The molecule has 110 valence electrons. The molecule has 1 aliphatic heterocycles. The Hall–Kier alpha value is -2.02. The summed E-state index contributed by atoms with van der Waals surface area (Å²) in [5.74, 6) is 0.931. The van der Waals surface area contributed by atoms with Crippen molar-refractivity contribution in [1.82, 2.24) is 9.80 Å². The van der Waals surface area contributed by atoms with Crippen LogP contribution in [0.25, 0.3) is 0 Å². The number of nitrogens with zero attached hydrogens (tertiary/aromatic N) is 3. The van der Waals surface area contributed by atoms with E-state index in [0.29, 0.717) is 44.7 Å². The van der Waals surface area contributed by atoms with E-state index in [-0.39, 0.29) is 11.7 Å². The molecule has 0 aliphatic carbocycles. The SMILES string of the molecule is CCc1occc1C(=O)N1CCN(C/C(N)=N/O)CC1. The Kier molecular flexibility index (Phi) is 4.62. The molecule has 1 fully saturated rings. The van der Waals surface area contributed by atoms with Gasteiger partial charge in [-0.25, -0.2) is 0 Å². The van der Waals surface area contributed by atoms with Gasteiger partial charge in [0.2, 0.25) is 0 Å². The third-order valence-corrected chi connectivity index (χ3v) is 3.47. The zero-order valence-electron chi connectivity index (χ0n) is 11.6. The predicted molar refractivity (Wildman–Crippen MR) is 73.8 cm³/mol. The summed E-state index contributed by atoms with van der Waals surface area (Å²) in [5.41, 5.74) is 6.13. The molecule has 1 saturated heterocycles. The van der Waals surface area contributed by atoms with E-state index in [1.807, 2.05) is 11.8 Å². The average molecular weight is 280 g/mol. The summed E-state index contributed by atoms with van der Waals surface area (Å²) in [6.07, 6.45) is 2.26. The standard InChI is InChI=1S/C13H20N4O3/c1-2-11-10(3-8-20-11)13(18)17-6-4-16(5-7-17)9-12(14)15-19/h3,8,19H,2,4-7,9H2,1H3,(H2,14,15). The first-order chi connectivity index (χ1) is 9.65. The van der Waals surface area contributed by atoms with Crippen LogP contribution in [-0.4, -0.2) is 59.5 Å². The van der Waals surface area contributed by atoms with Gasteiger partial charge in [-0.2, -0.15) is 0 Å². The number of nitrogens with two attached hydrogens (primary N) is 1.